The third-order valence-corrected chi connectivity index (χ3v) is 4.11. The van der Waals surface area contributed by atoms with Gasteiger partial charge in [-0.3, -0.25) is 0 Å². The van der Waals surface area contributed by atoms with E-state index in [1.807, 2.05) is 24.3 Å². The van der Waals surface area contributed by atoms with E-state index in [1.54, 1.807) is 12.3 Å². The number of hydrogen-bond acceptors (Lipinski definition) is 2. The van der Waals surface area contributed by atoms with E-state index in [-0.39, 0.29) is 0 Å². The quantitative estimate of drug-likeness (QED) is 0.321. The molecule has 2 heteroatoms. The standard InChI is InChI=1S/2C12H10.C3H3NO/c2*1-3-7-11(8-4-1)12-9-5-2-6-10-12;1-2-4-5-3-1/h2*1-10H;1-3H. The number of hydrogen-bond donors (Lipinski definition) is 0. The topological polar surface area (TPSA) is 26.0 Å². The maximum atomic E-state index is 4.33. The van der Waals surface area contributed by atoms with Crippen LogP contribution in [-0.4, -0.2) is 5.16 Å². The van der Waals surface area contributed by atoms with Crippen molar-refractivity contribution in [3.63, 3.8) is 0 Å². The molecule has 4 aromatic carbocycles. The molecule has 0 aliphatic rings. The Morgan fingerprint density at radius 2 is 0.690 bits per heavy atom. The first-order valence-corrected chi connectivity index (χ1v) is 9.49. The van der Waals surface area contributed by atoms with E-state index < -0.39 is 0 Å². The predicted octanol–water partition coefficient (Wildman–Crippen LogP) is 7.38. The molecule has 0 amide bonds. The van der Waals surface area contributed by atoms with Crippen LogP contribution in [-0.2, 0) is 0 Å². The van der Waals surface area contributed by atoms with Crippen molar-refractivity contribution >= 4 is 0 Å². The van der Waals surface area contributed by atoms with Crippen LogP contribution in [0.4, 0.5) is 0 Å². The van der Waals surface area contributed by atoms with Gasteiger partial charge < -0.3 is 4.52 Å². The Labute approximate surface area is 172 Å². The zero-order chi connectivity index (χ0) is 20.0. The molecule has 0 aliphatic carbocycles. The Kier molecular flexibility index (Phi) is 8.03. The van der Waals surface area contributed by atoms with Gasteiger partial charge in [0.05, 0.1) is 6.20 Å². The second-order valence-corrected chi connectivity index (χ2v) is 6.15. The van der Waals surface area contributed by atoms with Gasteiger partial charge in [0.2, 0.25) is 0 Å². The second-order valence-electron chi connectivity index (χ2n) is 6.15. The normalized spacial score (nSPS) is 9.38. The molecule has 142 valence electrons. The van der Waals surface area contributed by atoms with Gasteiger partial charge in [0.15, 0.2) is 0 Å². The third kappa shape index (κ3) is 6.96. The summed E-state index contributed by atoms with van der Waals surface area (Å²) in [6.07, 6.45) is 3.10. The van der Waals surface area contributed by atoms with Gasteiger partial charge in [-0.15, -0.1) is 0 Å². The molecular weight excluding hydrogens is 354 g/mol. The maximum Gasteiger partial charge on any atom is 0.123 e. The summed E-state index contributed by atoms with van der Waals surface area (Å²) in [5.74, 6) is 0. The molecule has 0 bridgehead atoms. The van der Waals surface area contributed by atoms with E-state index >= 15 is 0 Å². The summed E-state index contributed by atoms with van der Waals surface area (Å²) in [5, 5.41) is 3.35. The Hall–Kier alpha value is -3.91. The van der Waals surface area contributed by atoms with Crippen molar-refractivity contribution in [2.24, 2.45) is 0 Å². The summed E-state index contributed by atoms with van der Waals surface area (Å²) in [6.45, 7) is 0. The first-order valence-electron chi connectivity index (χ1n) is 9.49. The molecule has 0 spiro atoms. The smallest absolute Gasteiger partial charge is 0.123 e. The Morgan fingerprint density at radius 1 is 0.379 bits per heavy atom. The highest BCUT2D eigenvalue weighted by Crippen LogP contribution is 2.18. The highest BCUT2D eigenvalue weighted by atomic mass is 16.5. The fraction of sp³-hybridized carbons (Fsp3) is 0. The summed E-state index contributed by atoms with van der Waals surface area (Å²) in [5.41, 5.74) is 5.10. The molecule has 29 heavy (non-hydrogen) atoms. The van der Waals surface area contributed by atoms with E-state index in [2.05, 4.69) is 107 Å². The lowest BCUT2D eigenvalue weighted by atomic mass is 10.1. The maximum absolute atomic E-state index is 4.33. The fourth-order valence-electron chi connectivity index (χ4n) is 2.70. The van der Waals surface area contributed by atoms with Crippen LogP contribution in [0.15, 0.2) is 144 Å². The van der Waals surface area contributed by atoms with Crippen LogP contribution in [0.25, 0.3) is 22.3 Å². The lowest BCUT2D eigenvalue weighted by Crippen LogP contribution is -1.73. The van der Waals surface area contributed by atoms with Gasteiger partial charge >= 0.3 is 0 Å². The first-order chi connectivity index (χ1) is 14.4. The monoisotopic (exact) mass is 377 g/mol. The van der Waals surface area contributed by atoms with Gasteiger partial charge in [-0.05, 0) is 28.3 Å². The highest BCUT2D eigenvalue weighted by molar-refractivity contribution is 5.63. The van der Waals surface area contributed by atoms with Crippen LogP contribution in [0.3, 0.4) is 0 Å². The number of aromatic nitrogens is 1. The molecule has 0 saturated heterocycles. The lowest BCUT2D eigenvalue weighted by molar-refractivity contribution is 0.420. The Balaban J connectivity index is 0.000000135. The summed E-state index contributed by atoms with van der Waals surface area (Å²) in [4.78, 5) is 0. The molecule has 0 saturated carbocycles. The minimum atomic E-state index is 1.28. The third-order valence-electron chi connectivity index (χ3n) is 4.11. The van der Waals surface area contributed by atoms with E-state index in [0.717, 1.165) is 0 Å². The fourth-order valence-corrected chi connectivity index (χ4v) is 2.70. The zero-order valence-corrected chi connectivity index (χ0v) is 16.1. The van der Waals surface area contributed by atoms with Crippen molar-refractivity contribution in [2.75, 3.05) is 0 Å². The van der Waals surface area contributed by atoms with Crippen LogP contribution in [0.2, 0.25) is 0 Å². The van der Waals surface area contributed by atoms with Crippen LogP contribution in [0, 0.1) is 0 Å². The molecule has 0 unspecified atom stereocenters. The molecule has 5 rings (SSSR count). The summed E-state index contributed by atoms with van der Waals surface area (Å²) < 4.78 is 4.33. The minimum Gasteiger partial charge on any atom is -0.365 e. The van der Waals surface area contributed by atoms with E-state index in [0.29, 0.717) is 0 Å². The molecule has 0 radical (unpaired) electrons. The highest BCUT2D eigenvalue weighted by Gasteiger charge is 1.92. The van der Waals surface area contributed by atoms with Crippen LogP contribution in [0.5, 0.6) is 0 Å². The average molecular weight is 377 g/mol. The molecule has 1 heterocycles. The molecule has 0 fully saturated rings. The zero-order valence-electron chi connectivity index (χ0n) is 16.1. The van der Waals surface area contributed by atoms with E-state index in [4.69, 9.17) is 0 Å². The van der Waals surface area contributed by atoms with Gasteiger partial charge in [-0.25, -0.2) is 0 Å². The van der Waals surface area contributed by atoms with Gasteiger partial charge in [-0.1, -0.05) is 126 Å². The predicted molar refractivity (Wildman–Crippen MR) is 120 cm³/mol. The molecule has 0 atom stereocenters. The Bertz CT molecular complexity index is 846. The van der Waals surface area contributed by atoms with E-state index in [1.165, 1.54) is 28.5 Å². The van der Waals surface area contributed by atoms with Gasteiger partial charge in [0, 0.05) is 0 Å². The van der Waals surface area contributed by atoms with Crippen molar-refractivity contribution in [1.82, 2.24) is 5.16 Å². The number of rotatable bonds is 2. The van der Waals surface area contributed by atoms with Crippen molar-refractivity contribution in [1.29, 1.82) is 0 Å². The second kappa shape index (κ2) is 11.7. The van der Waals surface area contributed by atoms with Crippen LogP contribution in [0.1, 0.15) is 0 Å². The van der Waals surface area contributed by atoms with Gasteiger partial charge in [0.1, 0.15) is 6.26 Å². The molecular formula is C27H23NO. The Morgan fingerprint density at radius 3 is 0.862 bits per heavy atom. The van der Waals surface area contributed by atoms with Crippen molar-refractivity contribution in [3.8, 4) is 22.3 Å². The molecule has 1 aromatic heterocycles. The molecule has 2 nitrogen and oxygen atoms in total. The minimum absolute atomic E-state index is 1.28. The summed E-state index contributed by atoms with van der Waals surface area (Å²) in [7, 11) is 0. The van der Waals surface area contributed by atoms with Crippen LogP contribution < -0.4 is 0 Å². The average Bonchev–Trinajstić information content (AvgIpc) is 3.42. The number of nitrogens with zero attached hydrogens (tertiary/aromatic N) is 1. The number of benzene rings is 4. The van der Waals surface area contributed by atoms with Gasteiger partial charge in [0.25, 0.3) is 0 Å². The lowest BCUT2D eigenvalue weighted by Gasteiger charge is -1.98. The van der Waals surface area contributed by atoms with Crippen LogP contribution >= 0.6 is 0 Å². The molecule has 0 aliphatic heterocycles. The SMILES string of the molecule is c1ccc(-c2ccccc2)cc1.c1ccc(-c2ccccc2)cc1.c1cnoc1. The van der Waals surface area contributed by atoms with Crippen molar-refractivity contribution in [2.45, 2.75) is 0 Å². The van der Waals surface area contributed by atoms with Crippen molar-refractivity contribution < 1.29 is 4.52 Å². The molecule has 5 aromatic rings. The summed E-state index contributed by atoms with van der Waals surface area (Å²) >= 11 is 0. The first kappa shape index (κ1) is 19.8. The van der Waals surface area contributed by atoms with E-state index in [9.17, 15) is 0 Å². The largest absolute Gasteiger partial charge is 0.365 e. The van der Waals surface area contributed by atoms with Gasteiger partial charge in [-0.2, -0.15) is 0 Å². The van der Waals surface area contributed by atoms with Crippen molar-refractivity contribution in [3.05, 3.63) is 140 Å². The summed E-state index contributed by atoms with van der Waals surface area (Å²) in [6, 6.07) is 43.3. The molecule has 0 N–H and O–H groups in total.